The summed E-state index contributed by atoms with van der Waals surface area (Å²) >= 11 is 3.65. The van der Waals surface area contributed by atoms with E-state index in [9.17, 15) is 4.79 Å². The Hall–Kier alpha value is -0.110. The van der Waals surface area contributed by atoms with Gasteiger partial charge in [0.25, 0.3) is 0 Å². The van der Waals surface area contributed by atoms with E-state index in [0.717, 1.165) is 30.1 Å². The average molecular weight is 239 g/mol. The van der Waals surface area contributed by atoms with Gasteiger partial charge in [-0.2, -0.15) is 0 Å². The van der Waals surface area contributed by atoms with Gasteiger partial charge in [0, 0.05) is 18.3 Å². The standard InChI is InChI=1S/C11H11BrO/c12-8-2-4-5-3-9(13)11-7(5)1-6(4)10(8)11/h2,4-7,10-11H,1,3H2/t4-,5+,6+,7-,10+,11-/m1/s1. The number of ketones is 1. The molecule has 0 aliphatic heterocycles. The van der Waals surface area contributed by atoms with Crippen LogP contribution in [0, 0.1) is 35.5 Å². The van der Waals surface area contributed by atoms with Gasteiger partial charge in [-0.1, -0.05) is 22.0 Å². The van der Waals surface area contributed by atoms with Gasteiger partial charge in [-0.3, -0.25) is 4.79 Å². The van der Waals surface area contributed by atoms with Gasteiger partial charge < -0.3 is 0 Å². The molecule has 4 aliphatic rings. The lowest BCUT2D eigenvalue weighted by Gasteiger charge is -2.25. The van der Waals surface area contributed by atoms with Crippen molar-refractivity contribution < 1.29 is 4.79 Å². The first-order chi connectivity index (χ1) is 6.27. The molecule has 0 unspecified atom stereocenters. The molecule has 0 aromatic carbocycles. The molecule has 4 rings (SSSR count). The molecule has 0 heterocycles. The van der Waals surface area contributed by atoms with E-state index in [4.69, 9.17) is 0 Å². The number of fused-ring (bicyclic) bond motifs is 2. The molecule has 0 saturated heterocycles. The van der Waals surface area contributed by atoms with Crippen molar-refractivity contribution in [3.63, 3.8) is 0 Å². The molecule has 0 aromatic rings. The predicted molar refractivity (Wildman–Crippen MR) is 52.2 cm³/mol. The van der Waals surface area contributed by atoms with Crippen molar-refractivity contribution in [3.8, 4) is 0 Å². The van der Waals surface area contributed by atoms with E-state index in [1.807, 2.05) is 0 Å². The highest BCUT2D eigenvalue weighted by molar-refractivity contribution is 9.11. The number of Topliss-reactive ketones (excluding diaryl/α,β-unsaturated/α-hetero) is 1. The zero-order chi connectivity index (χ0) is 8.74. The van der Waals surface area contributed by atoms with Crippen molar-refractivity contribution in [2.45, 2.75) is 12.8 Å². The van der Waals surface area contributed by atoms with E-state index < -0.39 is 0 Å². The van der Waals surface area contributed by atoms with E-state index in [2.05, 4.69) is 22.0 Å². The fraction of sp³-hybridized carbons (Fsp3) is 0.727. The third-order valence-corrected chi connectivity index (χ3v) is 5.66. The Bertz CT molecular complexity index is 346. The minimum atomic E-state index is 0.416. The molecule has 3 saturated carbocycles. The largest absolute Gasteiger partial charge is 0.299 e. The van der Waals surface area contributed by atoms with E-state index in [-0.39, 0.29) is 0 Å². The van der Waals surface area contributed by atoms with Crippen molar-refractivity contribution in [1.82, 2.24) is 0 Å². The van der Waals surface area contributed by atoms with Crippen LogP contribution in [0.5, 0.6) is 0 Å². The molecule has 13 heavy (non-hydrogen) atoms. The van der Waals surface area contributed by atoms with E-state index in [1.54, 1.807) is 0 Å². The molecule has 6 atom stereocenters. The minimum Gasteiger partial charge on any atom is -0.299 e. The number of carbonyl (C=O) groups excluding carboxylic acids is 1. The van der Waals surface area contributed by atoms with Crippen LogP contribution in [0.1, 0.15) is 12.8 Å². The second kappa shape index (κ2) is 1.95. The highest BCUT2D eigenvalue weighted by Crippen LogP contribution is 2.69. The second-order valence-corrected chi connectivity index (χ2v) is 5.99. The Balaban J connectivity index is 1.96. The molecule has 0 amide bonds. The summed E-state index contributed by atoms with van der Waals surface area (Å²) in [5, 5.41) is 0. The molecule has 68 valence electrons. The summed E-state index contributed by atoms with van der Waals surface area (Å²) in [5.41, 5.74) is 0. The van der Waals surface area contributed by atoms with Gasteiger partial charge in [-0.25, -0.2) is 0 Å². The Morgan fingerprint density at radius 2 is 2.08 bits per heavy atom. The highest BCUT2D eigenvalue weighted by Gasteiger charge is 2.66. The summed E-state index contributed by atoms with van der Waals surface area (Å²) in [6, 6.07) is 0. The maximum Gasteiger partial charge on any atom is 0.137 e. The van der Waals surface area contributed by atoms with Crippen LogP contribution >= 0.6 is 15.9 Å². The number of allylic oxidation sites excluding steroid dienone is 2. The van der Waals surface area contributed by atoms with Gasteiger partial charge in [0.15, 0.2) is 0 Å². The van der Waals surface area contributed by atoms with Crippen LogP contribution in [0.2, 0.25) is 0 Å². The molecule has 0 spiro atoms. The van der Waals surface area contributed by atoms with Crippen LogP contribution in [-0.4, -0.2) is 5.78 Å². The zero-order valence-electron chi connectivity index (χ0n) is 7.24. The van der Waals surface area contributed by atoms with Gasteiger partial charge >= 0.3 is 0 Å². The van der Waals surface area contributed by atoms with Gasteiger partial charge in [0.1, 0.15) is 5.78 Å². The van der Waals surface area contributed by atoms with Gasteiger partial charge in [0.2, 0.25) is 0 Å². The SMILES string of the molecule is O=C1C[C@H]2[C@H]3C=C(Br)[C@@H]4[C@H]3C[C@H]2[C@H]14. The average Bonchev–Trinajstić information content (AvgIpc) is 2.67. The van der Waals surface area contributed by atoms with Crippen LogP contribution in [-0.2, 0) is 4.79 Å². The lowest BCUT2D eigenvalue weighted by Crippen LogP contribution is -2.24. The molecule has 2 bridgehead atoms. The summed E-state index contributed by atoms with van der Waals surface area (Å²) in [5.74, 6) is 4.66. The lowest BCUT2D eigenvalue weighted by atomic mass is 9.79. The van der Waals surface area contributed by atoms with Crippen LogP contribution in [0.15, 0.2) is 10.6 Å². The molecule has 1 nitrogen and oxygen atoms in total. The smallest absolute Gasteiger partial charge is 0.137 e. The summed E-state index contributed by atoms with van der Waals surface area (Å²) in [6.07, 6.45) is 4.64. The van der Waals surface area contributed by atoms with Crippen molar-refractivity contribution in [1.29, 1.82) is 0 Å². The zero-order valence-corrected chi connectivity index (χ0v) is 8.83. The molecular weight excluding hydrogens is 228 g/mol. The van der Waals surface area contributed by atoms with Gasteiger partial charge in [-0.15, -0.1) is 0 Å². The van der Waals surface area contributed by atoms with E-state index in [0.29, 0.717) is 17.6 Å². The van der Waals surface area contributed by atoms with E-state index in [1.165, 1.54) is 10.9 Å². The maximum atomic E-state index is 11.8. The quantitative estimate of drug-likeness (QED) is 0.634. The van der Waals surface area contributed by atoms with Gasteiger partial charge in [-0.05, 0) is 34.6 Å². The predicted octanol–water partition coefficient (Wildman–Crippen LogP) is 2.37. The Morgan fingerprint density at radius 3 is 2.92 bits per heavy atom. The molecule has 3 fully saturated rings. The first kappa shape index (κ1) is 7.22. The number of carbonyl (C=O) groups is 1. The number of hydrogen-bond donors (Lipinski definition) is 0. The number of rotatable bonds is 0. The minimum absolute atomic E-state index is 0.416. The van der Waals surface area contributed by atoms with Gasteiger partial charge in [0.05, 0.1) is 0 Å². The van der Waals surface area contributed by atoms with E-state index >= 15 is 0 Å². The number of halogens is 1. The molecule has 0 aromatic heterocycles. The fourth-order valence-electron chi connectivity index (χ4n) is 4.59. The first-order valence-electron chi connectivity index (χ1n) is 5.17. The maximum absolute atomic E-state index is 11.8. The number of hydrogen-bond acceptors (Lipinski definition) is 1. The first-order valence-corrected chi connectivity index (χ1v) is 5.96. The lowest BCUT2D eigenvalue weighted by molar-refractivity contribution is -0.121. The summed E-state index contributed by atoms with van der Waals surface area (Å²) in [6.45, 7) is 0. The highest BCUT2D eigenvalue weighted by atomic mass is 79.9. The van der Waals surface area contributed by atoms with Crippen LogP contribution in [0.25, 0.3) is 0 Å². The normalized spacial score (nSPS) is 60.7. The van der Waals surface area contributed by atoms with Crippen LogP contribution < -0.4 is 0 Å². The van der Waals surface area contributed by atoms with Crippen molar-refractivity contribution in [3.05, 3.63) is 10.6 Å². The molecule has 0 radical (unpaired) electrons. The van der Waals surface area contributed by atoms with Crippen molar-refractivity contribution >= 4 is 21.7 Å². The summed E-state index contributed by atoms with van der Waals surface area (Å²) in [7, 11) is 0. The fourth-order valence-corrected chi connectivity index (χ4v) is 5.52. The topological polar surface area (TPSA) is 17.1 Å². The monoisotopic (exact) mass is 238 g/mol. The van der Waals surface area contributed by atoms with Crippen molar-refractivity contribution in [2.24, 2.45) is 35.5 Å². The van der Waals surface area contributed by atoms with Crippen LogP contribution in [0.3, 0.4) is 0 Å². The molecule has 4 aliphatic carbocycles. The Kier molecular flexibility index (Phi) is 1.08. The molecule has 2 heteroatoms. The Morgan fingerprint density at radius 1 is 1.23 bits per heavy atom. The van der Waals surface area contributed by atoms with Crippen molar-refractivity contribution in [2.75, 3.05) is 0 Å². The third-order valence-electron chi connectivity index (χ3n) is 4.87. The molecular formula is C11H11BrO. The second-order valence-electron chi connectivity index (χ2n) is 5.08. The Labute approximate surface area is 85.7 Å². The summed E-state index contributed by atoms with van der Waals surface area (Å²) < 4.78 is 1.35. The third kappa shape index (κ3) is 0.604. The van der Waals surface area contributed by atoms with Crippen LogP contribution in [0.4, 0.5) is 0 Å². The molecule has 0 N–H and O–H groups in total. The summed E-state index contributed by atoms with van der Waals surface area (Å²) in [4.78, 5) is 11.8.